The van der Waals surface area contributed by atoms with Gasteiger partial charge in [-0.05, 0) is 62.7 Å². The topological polar surface area (TPSA) is 28.9 Å². The molecule has 0 amide bonds. The van der Waals surface area contributed by atoms with Crippen LogP contribution in [-0.2, 0) is 0 Å². The number of quaternary nitrogens is 1. The van der Waals surface area contributed by atoms with Crippen molar-refractivity contribution in [3.8, 4) is 5.75 Å². The molecule has 0 spiro atoms. The van der Waals surface area contributed by atoms with Gasteiger partial charge in [0.05, 0.1) is 25.7 Å². The van der Waals surface area contributed by atoms with E-state index in [1.54, 1.807) is 4.90 Å². The van der Waals surface area contributed by atoms with Gasteiger partial charge in [0.25, 0.3) is 0 Å². The molecule has 2 aliphatic rings. The van der Waals surface area contributed by atoms with Gasteiger partial charge in [-0.1, -0.05) is 13.3 Å². The number of nitrogens with zero attached hydrogens (tertiary/aromatic N) is 1. The molecule has 150 valence electrons. The highest BCUT2D eigenvalue weighted by Crippen LogP contribution is 2.23. The fourth-order valence-corrected chi connectivity index (χ4v) is 5.14. The van der Waals surface area contributed by atoms with Gasteiger partial charge in [0.1, 0.15) is 5.75 Å². The maximum atomic E-state index is 5.67. The van der Waals surface area contributed by atoms with Gasteiger partial charge in [0, 0.05) is 37.5 Å². The fourth-order valence-electron chi connectivity index (χ4n) is 4.84. The zero-order chi connectivity index (χ0) is 19.2. The molecule has 5 heteroatoms. The van der Waals surface area contributed by atoms with Crippen LogP contribution in [0.4, 0.5) is 5.69 Å². The second-order valence-electron chi connectivity index (χ2n) is 8.26. The molecule has 1 heterocycles. The molecular weight excluding hydrogens is 354 g/mol. The Morgan fingerprint density at radius 3 is 2.44 bits per heavy atom. The first-order chi connectivity index (χ1) is 13.1. The summed E-state index contributed by atoms with van der Waals surface area (Å²) in [5.41, 5.74) is 1.03. The molecule has 2 N–H and O–H groups in total. The SMILES string of the molecule is CCOc1ccc(NC(=S)N2CCC([NH+](C)C3CCCCC3C)CC2)cc1. The largest absolute Gasteiger partial charge is 0.494 e. The number of rotatable bonds is 5. The van der Waals surface area contributed by atoms with Crippen LogP contribution < -0.4 is 15.0 Å². The van der Waals surface area contributed by atoms with E-state index in [-0.39, 0.29) is 0 Å². The van der Waals surface area contributed by atoms with E-state index in [0.29, 0.717) is 6.61 Å². The molecule has 1 saturated heterocycles. The molecule has 1 aliphatic carbocycles. The lowest BCUT2D eigenvalue weighted by Gasteiger charge is -2.41. The number of anilines is 1. The smallest absolute Gasteiger partial charge is 0.173 e. The maximum absolute atomic E-state index is 5.67. The minimum Gasteiger partial charge on any atom is -0.494 e. The van der Waals surface area contributed by atoms with Crippen molar-refractivity contribution in [2.24, 2.45) is 5.92 Å². The van der Waals surface area contributed by atoms with Gasteiger partial charge in [-0.25, -0.2) is 0 Å². The highest BCUT2D eigenvalue weighted by atomic mass is 32.1. The van der Waals surface area contributed by atoms with Crippen LogP contribution in [0.2, 0.25) is 0 Å². The summed E-state index contributed by atoms with van der Waals surface area (Å²) in [6, 6.07) is 9.68. The van der Waals surface area contributed by atoms with E-state index in [4.69, 9.17) is 17.0 Å². The van der Waals surface area contributed by atoms with Crippen LogP contribution in [0, 0.1) is 5.92 Å². The van der Waals surface area contributed by atoms with Crippen LogP contribution >= 0.6 is 12.2 Å². The third-order valence-electron chi connectivity index (χ3n) is 6.54. The molecule has 3 atom stereocenters. The molecule has 2 fully saturated rings. The number of hydrogen-bond acceptors (Lipinski definition) is 2. The van der Waals surface area contributed by atoms with Crippen molar-refractivity contribution < 1.29 is 9.64 Å². The Hall–Kier alpha value is -1.33. The third-order valence-corrected chi connectivity index (χ3v) is 6.90. The van der Waals surface area contributed by atoms with Gasteiger partial charge >= 0.3 is 0 Å². The number of nitrogens with one attached hydrogen (secondary N) is 2. The van der Waals surface area contributed by atoms with Gasteiger partial charge in [0.15, 0.2) is 5.11 Å². The van der Waals surface area contributed by atoms with Crippen LogP contribution in [0.1, 0.15) is 52.4 Å². The molecule has 4 nitrogen and oxygen atoms in total. The number of hydrogen-bond donors (Lipinski definition) is 2. The van der Waals surface area contributed by atoms with Crippen molar-refractivity contribution in [1.29, 1.82) is 0 Å². The minimum absolute atomic E-state index is 0.691. The van der Waals surface area contributed by atoms with Gasteiger partial charge in [-0.15, -0.1) is 0 Å². The van der Waals surface area contributed by atoms with Crippen molar-refractivity contribution in [1.82, 2.24) is 4.90 Å². The van der Waals surface area contributed by atoms with E-state index < -0.39 is 0 Å². The van der Waals surface area contributed by atoms with Crippen LogP contribution in [-0.4, -0.2) is 48.8 Å². The zero-order valence-electron chi connectivity index (χ0n) is 17.2. The molecule has 1 saturated carbocycles. The van der Waals surface area contributed by atoms with E-state index in [1.807, 2.05) is 31.2 Å². The van der Waals surface area contributed by atoms with E-state index in [0.717, 1.165) is 47.6 Å². The monoisotopic (exact) mass is 390 g/mol. The number of benzene rings is 1. The predicted molar refractivity (Wildman–Crippen MR) is 117 cm³/mol. The number of thiocarbonyl (C=S) groups is 1. The normalized spacial score (nSPS) is 25.1. The van der Waals surface area contributed by atoms with E-state index >= 15 is 0 Å². The van der Waals surface area contributed by atoms with E-state index in [2.05, 4.69) is 24.2 Å². The summed E-state index contributed by atoms with van der Waals surface area (Å²) in [7, 11) is 2.43. The van der Waals surface area contributed by atoms with Crippen LogP contribution in [0.25, 0.3) is 0 Å². The third kappa shape index (κ3) is 5.35. The van der Waals surface area contributed by atoms with Crippen molar-refractivity contribution in [2.45, 2.75) is 64.5 Å². The molecule has 1 aromatic rings. The number of piperidine rings is 1. The zero-order valence-corrected chi connectivity index (χ0v) is 18.0. The first kappa shape index (κ1) is 20.4. The summed E-state index contributed by atoms with van der Waals surface area (Å²) in [6.07, 6.45) is 8.14. The minimum atomic E-state index is 0.691. The molecule has 0 aromatic heterocycles. The second-order valence-corrected chi connectivity index (χ2v) is 8.65. The molecule has 1 aromatic carbocycles. The Labute approximate surface area is 170 Å². The Balaban J connectivity index is 1.47. The average molecular weight is 391 g/mol. The van der Waals surface area contributed by atoms with Crippen molar-refractivity contribution in [3.05, 3.63) is 24.3 Å². The van der Waals surface area contributed by atoms with Crippen molar-refractivity contribution in [3.63, 3.8) is 0 Å². The molecular formula is C22H36N3OS+. The maximum Gasteiger partial charge on any atom is 0.173 e. The standard InChI is InChI=1S/C22H35N3OS/c1-4-26-20-11-9-18(10-12-20)23-22(27)25-15-13-19(14-16-25)24(3)21-8-6-5-7-17(21)2/h9-12,17,19,21H,4-8,13-16H2,1-3H3,(H,23,27)/p+1. The summed E-state index contributed by atoms with van der Waals surface area (Å²) in [5.74, 6) is 1.77. The summed E-state index contributed by atoms with van der Waals surface area (Å²) in [5, 5.41) is 4.24. The quantitative estimate of drug-likeness (QED) is 0.755. The van der Waals surface area contributed by atoms with Crippen LogP contribution in [0.3, 0.4) is 0 Å². The van der Waals surface area contributed by atoms with Gasteiger partial charge in [-0.2, -0.15) is 0 Å². The number of ether oxygens (including phenoxy) is 1. The Morgan fingerprint density at radius 1 is 1.15 bits per heavy atom. The molecule has 3 unspecified atom stereocenters. The summed E-state index contributed by atoms with van der Waals surface area (Å²) < 4.78 is 5.50. The van der Waals surface area contributed by atoms with E-state index in [9.17, 15) is 0 Å². The van der Waals surface area contributed by atoms with E-state index in [1.165, 1.54) is 38.5 Å². The highest BCUT2D eigenvalue weighted by Gasteiger charge is 2.34. The Bertz CT molecular complexity index is 598. The molecule has 1 aliphatic heterocycles. The lowest BCUT2D eigenvalue weighted by molar-refractivity contribution is -0.937. The first-order valence-corrected chi connectivity index (χ1v) is 11.1. The number of likely N-dealkylation sites (tertiary alicyclic amines) is 1. The Morgan fingerprint density at radius 2 is 1.81 bits per heavy atom. The van der Waals surface area contributed by atoms with Crippen LogP contribution in [0.5, 0.6) is 5.75 Å². The molecule has 27 heavy (non-hydrogen) atoms. The lowest BCUT2D eigenvalue weighted by atomic mass is 9.84. The van der Waals surface area contributed by atoms with Crippen molar-refractivity contribution in [2.75, 3.05) is 32.1 Å². The first-order valence-electron chi connectivity index (χ1n) is 10.7. The van der Waals surface area contributed by atoms with Gasteiger partial charge < -0.3 is 19.9 Å². The fraction of sp³-hybridized carbons (Fsp3) is 0.682. The summed E-state index contributed by atoms with van der Waals surface area (Å²) >= 11 is 5.67. The summed E-state index contributed by atoms with van der Waals surface area (Å²) in [4.78, 5) is 4.10. The van der Waals surface area contributed by atoms with Gasteiger partial charge in [0.2, 0.25) is 0 Å². The second kappa shape index (κ2) is 9.74. The molecule has 0 bridgehead atoms. The molecule has 3 rings (SSSR count). The average Bonchev–Trinajstić information content (AvgIpc) is 2.70. The lowest BCUT2D eigenvalue weighted by Crippen LogP contribution is -3.17. The van der Waals surface area contributed by atoms with Crippen LogP contribution in [0.15, 0.2) is 24.3 Å². The van der Waals surface area contributed by atoms with Crippen molar-refractivity contribution >= 4 is 23.0 Å². The molecule has 0 radical (unpaired) electrons. The Kier molecular flexibility index (Phi) is 7.36. The summed E-state index contributed by atoms with van der Waals surface area (Å²) in [6.45, 7) is 7.27. The predicted octanol–water partition coefficient (Wildman–Crippen LogP) is 3.34. The highest BCUT2D eigenvalue weighted by molar-refractivity contribution is 7.80. The van der Waals surface area contributed by atoms with Gasteiger partial charge in [-0.3, -0.25) is 0 Å².